The van der Waals surface area contributed by atoms with Gasteiger partial charge in [-0.1, -0.05) is 29.3 Å². The number of carbonyl (C=O) groups is 1. The average Bonchev–Trinajstić information content (AvgIpc) is 2.65. The Balaban J connectivity index is 1.46. The summed E-state index contributed by atoms with van der Waals surface area (Å²) in [7, 11) is 0. The minimum absolute atomic E-state index is 0.0967. The maximum absolute atomic E-state index is 13.0. The predicted molar refractivity (Wildman–Crippen MR) is 105 cm³/mol. The highest BCUT2D eigenvalue weighted by Gasteiger charge is 2.21. The summed E-state index contributed by atoms with van der Waals surface area (Å²) in [4.78, 5) is 16.4. The maximum atomic E-state index is 13.0. The number of rotatable bonds is 5. The first-order valence-corrected chi connectivity index (χ1v) is 9.26. The fourth-order valence-electron chi connectivity index (χ4n) is 2.99. The molecule has 0 radical (unpaired) electrons. The number of para-hydroxylation sites is 1. The molecule has 0 aliphatic carbocycles. The van der Waals surface area contributed by atoms with Gasteiger partial charge in [0.05, 0.1) is 15.7 Å². The lowest BCUT2D eigenvalue weighted by Crippen LogP contribution is -2.49. The first kappa shape index (κ1) is 18.8. The Morgan fingerprint density at radius 1 is 1.00 bits per heavy atom. The van der Waals surface area contributed by atoms with Gasteiger partial charge in [-0.05, 0) is 36.4 Å². The molecule has 0 atom stereocenters. The molecule has 7 heteroatoms. The van der Waals surface area contributed by atoms with E-state index in [4.69, 9.17) is 23.2 Å². The largest absolute Gasteiger partial charge is 0.382 e. The summed E-state index contributed by atoms with van der Waals surface area (Å²) in [6, 6.07) is 11.7. The van der Waals surface area contributed by atoms with Crippen molar-refractivity contribution in [2.75, 3.05) is 42.9 Å². The van der Waals surface area contributed by atoms with Crippen molar-refractivity contribution in [2.45, 2.75) is 6.42 Å². The fourth-order valence-corrected chi connectivity index (χ4v) is 3.52. The number of nitrogens with zero attached hydrogens (tertiary/aromatic N) is 2. The van der Waals surface area contributed by atoms with Gasteiger partial charge in [0.1, 0.15) is 5.82 Å². The van der Waals surface area contributed by atoms with Crippen LogP contribution in [-0.2, 0) is 4.79 Å². The van der Waals surface area contributed by atoms with Gasteiger partial charge in [-0.2, -0.15) is 0 Å². The van der Waals surface area contributed by atoms with Crippen LogP contribution in [0.5, 0.6) is 0 Å². The van der Waals surface area contributed by atoms with Crippen molar-refractivity contribution >= 4 is 40.5 Å². The number of anilines is 2. The van der Waals surface area contributed by atoms with E-state index in [2.05, 4.69) is 10.2 Å². The zero-order valence-electron chi connectivity index (χ0n) is 14.2. The molecule has 4 nitrogen and oxygen atoms in total. The standard InChI is InChI=1S/C19H20Cl2FN3O/c20-16-2-1-3-17(21)19(16)23-9-8-18(26)25-12-10-24(11-13-25)15-6-4-14(22)5-7-15/h1-7,23H,8-13H2. The minimum Gasteiger partial charge on any atom is -0.382 e. The topological polar surface area (TPSA) is 35.6 Å². The molecule has 1 amide bonds. The molecule has 3 rings (SSSR count). The van der Waals surface area contributed by atoms with Crippen molar-refractivity contribution in [1.82, 2.24) is 4.90 Å². The maximum Gasteiger partial charge on any atom is 0.224 e. The van der Waals surface area contributed by atoms with Gasteiger partial charge in [0.15, 0.2) is 0 Å². The van der Waals surface area contributed by atoms with Gasteiger partial charge in [0, 0.05) is 44.8 Å². The number of carbonyl (C=O) groups excluding carboxylic acids is 1. The summed E-state index contributed by atoms with van der Waals surface area (Å²) in [6.07, 6.45) is 0.373. The molecule has 1 aliphatic heterocycles. The van der Waals surface area contributed by atoms with Crippen LogP contribution >= 0.6 is 23.2 Å². The lowest BCUT2D eigenvalue weighted by molar-refractivity contribution is -0.131. The number of nitrogens with one attached hydrogen (secondary N) is 1. The fraction of sp³-hybridized carbons (Fsp3) is 0.316. The van der Waals surface area contributed by atoms with Crippen LogP contribution in [0, 0.1) is 5.82 Å². The summed E-state index contributed by atoms with van der Waals surface area (Å²) < 4.78 is 13.0. The summed E-state index contributed by atoms with van der Waals surface area (Å²) >= 11 is 12.2. The Morgan fingerprint density at radius 2 is 1.62 bits per heavy atom. The van der Waals surface area contributed by atoms with Crippen LogP contribution in [0.2, 0.25) is 10.0 Å². The van der Waals surface area contributed by atoms with Crippen molar-refractivity contribution in [3.63, 3.8) is 0 Å². The van der Waals surface area contributed by atoms with E-state index in [1.165, 1.54) is 12.1 Å². The molecule has 2 aromatic carbocycles. The highest BCUT2D eigenvalue weighted by atomic mass is 35.5. The quantitative estimate of drug-likeness (QED) is 0.820. The monoisotopic (exact) mass is 395 g/mol. The molecule has 0 saturated carbocycles. The molecule has 2 aromatic rings. The zero-order valence-corrected chi connectivity index (χ0v) is 15.7. The number of benzene rings is 2. The van der Waals surface area contributed by atoms with Crippen LogP contribution in [0.25, 0.3) is 0 Å². The van der Waals surface area contributed by atoms with Crippen LogP contribution in [-0.4, -0.2) is 43.5 Å². The number of halogens is 3. The van der Waals surface area contributed by atoms with Crippen LogP contribution in [0.3, 0.4) is 0 Å². The molecule has 0 spiro atoms. The average molecular weight is 396 g/mol. The van der Waals surface area contributed by atoms with Gasteiger partial charge in [-0.15, -0.1) is 0 Å². The third kappa shape index (κ3) is 4.59. The van der Waals surface area contributed by atoms with Gasteiger partial charge < -0.3 is 15.1 Å². The molecule has 1 aliphatic rings. The summed E-state index contributed by atoms with van der Waals surface area (Å²) in [5.74, 6) is -0.145. The van der Waals surface area contributed by atoms with Crippen LogP contribution < -0.4 is 10.2 Å². The van der Waals surface area contributed by atoms with E-state index in [0.29, 0.717) is 41.8 Å². The lowest BCUT2D eigenvalue weighted by atomic mass is 10.2. The number of piperazine rings is 1. The minimum atomic E-state index is -0.242. The number of hydrogen-bond donors (Lipinski definition) is 1. The first-order valence-electron chi connectivity index (χ1n) is 8.51. The summed E-state index contributed by atoms with van der Waals surface area (Å²) in [6.45, 7) is 3.26. The molecular formula is C19H20Cl2FN3O. The van der Waals surface area contributed by atoms with Crippen molar-refractivity contribution in [3.8, 4) is 0 Å². The van der Waals surface area contributed by atoms with Gasteiger partial charge >= 0.3 is 0 Å². The van der Waals surface area contributed by atoms with Crippen molar-refractivity contribution in [3.05, 3.63) is 58.3 Å². The zero-order chi connectivity index (χ0) is 18.5. The van der Waals surface area contributed by atoms with Crippen molar-refractivity contribution < 1.29 is 9.18 Å². The van der Waals surface area contributed by atoms with Gasteiger partial charge in [-0.25, -0.2) is 4.39 Å². The van der Waals surface area contributed by atoms with Gasteiger partial charge in [-0.3, -0.25) is 4.79 Å². The second kappa shape index (κ2) is 8.60. The highest BCUT2D eigenvalue weighted by molar-refractivity contribution is 6.39. The molecule has 1 fully saturated rings. The van der Waals surface area contributed by atoms with Crippen LogP contribution in [0.15, 0.2) is 42.5 Å². The second-order valence-corrected chi connectivity index (χ2v) is 6.93. The molecule has 26 heavy (non-hydrogen) atoms. The lowest BCUT2D eigenvalue weighted by Gasteiger charge is -2.36. The Morgan fingerprint density at radius 3 is 2.23 bits per heavy atom. The molecule has 1 N–H and O–H groups in total. The van der Waals surface area contributed by atoms with Crippen molar-refractivity contribution in [2.24, 2.45) is 0 Å². The Bertz CT molecular complexity index is 742. The first-order chi connectivity index (χ1) is 12.5. The molecule has 0 bridgehead atoms. The molecule has 0 aromatic heterocycles. The summed E-state index contributed by atoms with van der Waals surface area (Å²) in [5, 5.41) is 4.21. The molecule has 0 unspecified atom stereocenters. The number of amides is 1. The van der Waals surface area contributed by atoms with E-state index in [1.807, 2.05) is 4.90 Å². The smallest absolute Gasteiger partial charge is 0.224 e. The SMILES string of the molecule is O=C(CCNc1c(Cl)cccc1Cl)N1CCN(c2ccc(F)cc2)CC1. The summed E-state index contributed by atoms with van der Waals surface area (Å²) in [5.41, 5.74) is 1.64. The second-order valence-electron chi connectivity index (χ2n) is 6.12. The van der Waals surface area contributed by atoms with E-state index in [1.54, 1.807) is 30.3 Å². The third-order valence-corrected chi connectivity index (χ3v) is 5.06. The van der Waals surface area contributed by atoms with E-state index >= 15 is 0 Å². The number of hydrogen-bond acceptors (Lipinski definition) is 3. The van der Waals surface area contributed by atoms with Gasteiger partial charge in [0.2, 0.25) is 5.91 Å². The molecule has 1 saturated heterocycles. The van der Waals surface area contributed by atoms with E-state index in [-0.39, 0.29) is 11.7 Å². The predicted octanol–water partition coefficient (Wildman–Crippen LogP) is 4.28. The van der Waals surface area contributed by atoms with Gasteiger partial charge in [0.25, 0.3) is 0 Å². The van der Waals surface area contributed by atoms with Crippen LogP contribution in [0.4, 0.5) is 15.8 Å². The Hall–Kier alpha value is -1.98. The third-order valence-electron chi connectivity index (χ3n) is 4.43. The normalized spacial score (nSPS) is 14.4. The van der Waals surface area contributed by atoms with Crippen LogP contribution in [0.1, 0.15) is 6.42 Å². The molecule has 1 heterocycles. The molecule has 138 valence electrons. The van der Waals surface area contributed by atoms with Crippen molar-refractivity contribution in [1.29, 1.82) is 0 Å². The van der Waals surface area contributed by atoms with E-state index < -0.39 is 0 Å². The van der Waals surface area contributed by atoms with E-state index in [9.17, 15) is 9.18 Å². The highest BCUT2D eigenvalue weighted by Crippen LogP contribution is 2.29. The Kier molecular flexibility index (Phi) is 6.22. The Labute approximate surface area is 162 Å². The molecular weight excluding hydrogens is 376 g/mol. The van der Waals surface area contributed by atoms with E-state index in [0.717, 1.165) is 18.8 Å².